The number of hydrogen-bond acceptors (Lipinski definition) is 3. The van der Waals surface area contributed by atoms with Crippen LogP contribution in [0.2, 0.25) is 0 Å². The number of amides is 2. The van der Waals surface area contributed by atoms with Gasteiger partial charge in [-0.3, -0.25) is 9.59 Å². The van der Waals surface area contributed by atoms with E-state index in [0.29, 0.717) is 23.7 Å². The van der Waals surface area contributed by atoms with Gasteiger partial charge in [-0.05, 0) is 44.5 Å². The van der Waals surface area contributed by atoms with Gasteiger partial charge in [0.1, 0.15) is 12.2 Å². The van der Waals surface area contributed by atoms with Crippen LogP contribution in [0.1, 0.15) is 24.5 Å². The number of anilines is 2. The van der Waals surface area contributed by atoms with E-state index in [1.54, 1.807) is 18.2 Å². The van der Waals surface area contributed by atoms with E-state index in [-0.39, 0.29) is 18.2 Å². The van der Waals surface area contributed by atoms with Gasteiger partial charge in [-0.15, -0.1) is 0 Å². The van der Waals surface area contributed by atoms with Gasteiger partial charge in [0, 0.05) is 5.69 Å². The first-order chi connectivity index (χ1) is 11.5. The second kappa shape index (κ2) is 8.15. The van der Waals surface area contributed by atoms with Gasteiger partial charge in [0.05, 0.1) is 12.3 Å². The van der Waals surface area contributed by atoms with Crippen LogP contribution in [0, 0.1) is 13.8 Å². The van der Waals surface area contributed by atoms with E-state index < -0.39 is 0 Å². The van der Waals surface area contributed by atoms with Crippen LogP contribution in [-0.2, 0) is 9.59 Å². The predicted molar refractivity (Wildman–Crippen MR) is 95.4 cm³/mol. The van der Waals surface area contributed by atoms with E-state index in [1.807, 2.05) is 45.0 Å². The van der Waals surface area contributed by atoms with E-state index >= 15 is 0 Å². The van der Waals surface area contributed by atoms with Gasteiger partial charge in [0.15, 0.2) is 0 Å². The Labute approximate surface area is 142 Å². The van der Waals surface area contributed by atoms with Crippen LogP contribution in [0.5, 0.6) is 5.75 Å². The summed E-state index contributed by atoms with van der Waals surface area (Å²) in [6.45, 7) is 6.28. The van der Waals surface area contributed by atoms with Crippen LogP contribution in [0.25, 0.3) is 0 Å². The molecule has 24 heavy (non-hydrogen) atoms. The van der Waals surface area contributed by atoms with Gasteiger partial charge < -0.3 is 15.4 Å². The summed E-state index contributed by atoms with van der Waals surface area (Å²) in [6, 6.07) is 12.9. The van der Waals surface area contributed by atoms with Crippen molar-refractivity contribution in [1.82, 2.24) is 0 Å². The highest BCUT2D eigenvalue weighted by atomic mass is 16.5. The molecule has 0 unspecified atom stereocenters. The van der Waals surface area contributed by atoms with Crippen LogP contribution in [0.4, 0.5) is 11.4 Å². The number of benzene rings is 2. The quantitative estimate of drug-likeness (QED) is 0.796. The van der Waals surface area contributed by atoms with Crippen molar-refractivity contribution in [2.24, 2.45) is 0 Å². The number of para-hydroxylation sites is 2. The van der Waals surface area contributed by atoms with E-state index in [0.717, 1.165) is 11.1 Å². The molecule has 0 atom stereocenters. The Morgan fingerprint density at radius 2 is 1.62 bits per heavy atom. The number of rotatable bonds is 6. The molecule has 0 saturated carbocycles. The van der Waals surface area contributed by atoms with Gasteiger partial charge in [0.2, 0.25) is 11.8 Å². The highest BCUT2D eigenvalue weighted by Crippen LogP contribution is 2.23. The molecule has 2 rings (SSSR count). The Bertz CT molecular complexity index is 741. The second-order valence-corrected chi connectivity index (χ2v) is 5.52. The molecule has 0 spiro atoms. The average Bonchev–Trinajstić information content (AvgIpc) is 2.52. The number of aryl methyl sites for hydroxylation is 2. The number of ether oxygens (including phenoxy) is 1. The molecular formula is C19H22N2O3. The normalized spacial score (nSPS) is 10.1. The summed E-state index contributed by atoms with van der Waals surface area (Å²) in [5, 5.41) is 5.47. The zero-order valence-electron chi connectivity index (χ0n) is 14.2. The molecule has 2 aromatic carbocycles. The molecule has 0 aliphatic carbocycles. The molecule has 2 amide bonds. The smallest absolute Gasteiger partial charge is 0.233 e. The standard InChI is InChI=1S/C19H22N2O3/c1-4-24-17-8-6-5-7-16(17)21-19(23)12-18(22)20-15-10-9-13(2)11-14(15)3/h5-11H,4,12H2,1-3H3,(H,20,22)(H,21,23). The third-order valence-corrected chi connectivity index (χ3v) is 3.44. The van der Waals surface area contributed by atoms with Gasteiger partial charge in [-0.25, -0.2) is 0 Å². The molecule has 5 nitrogen and oxygen atoms in total. The van der Waals surface area contributed by atoms with Crippen molar-refractivity contribution in [1.29, 1.82) is 0 Å². The van der Waals surface area contributed by atoms with Crippen molar-refractivity contribution >= 4 is 23.2 Å². The van der Waals surface area contributed by atoms with E-state index in [4.69, 9.17) is 4.74 Å². The highest BCUT2D eigenvalue weighted by molar-refractivity contribution is 6.08. The largest absolute Gasteiger partial charge is 0.492 e. The molecule has 0 radical (unpaired) electrons. The molecule has 0 aromatic heterocycles. The Morgan fingerprint density at radius 3 is 2.29 bits per heavy atom. The summed E-state index contributed by atoms with van der Waals surface area (Å²) in [6.07, 6.45) is -0.256. The Kier molecular flexibility index (Phi) is 5.95. The van der Waals surface area contributed by atoms with Crippen molar-refractivity contribution in [2.45, 2.75) is 27.2 Å². The van der Waals surface area contributed by atoms with Crippen LogP contribution in [-0.4, -0.2) is 18.4 Å². The van der Waals surface area contributed by atoms with Gasteiger partial charge in [-0.1, -0.05) is 29.8 Å². The molecule has 2 aromatic rings. The maximum absolute atomic E-state index is 12.1. The van der Waals surface area contributed by atoms with Crippen LogP contribution in [0.3, 0.4) is 0 Å². The average molecular weight is 326 g/mol. The van der Waals surface area contributed by atoms with Gasteiger partial charge >= 0.3 is 0 Å². The summed E-state index contributed by atoms with van der Waals surface area (Å²) in [5.74, 6) is -0.152. The molecule has 0 aliphatic heterocycles. The van der Waals surface area contributed by atoms with E-state index in [9.17, 15) is 9.59 Å². The van der Waals surface area contributed by atoms with Crippen LogP contribution >= 0.6 is 0 Å². The van der Waals surface area contributed by atoms with Crippen molar-refractivity contribution in [3.8, 4) is 5.75 Å². The topological polar surface area (TPSA) is 67.4 Å². The summed E-state index contributed by atoms with van der Waals surface area (Å²) >= 11 is 0. The Hall–Kier alpha value is -2.82. The summed E-state index contributed by atoms with van der Waals surface area (Å²) in [5.41, 5.74) is 3.36. The Balaban J connectivity index is 1.96. The molecule has 5 heteroatoms. The van der Waals surface area contributed by atoms with E-state index in [1.165, 1.54) is 0 Å². The van der Waals surface area contributed by atoms with Crippen molar-refractivity contribution in [3.05, 3.63) is 53.6 Å². The summed E-state index contributed by atoms with van der Waals surface area (Å²) in [7, 11) is 0. The van der Waals surface area contributed by atoms with Crippen molar-refractivity contribution in [3.63, 3.8) is 0 Å². The monoisotopic (exact) mass is 326 g/mol. The lowest BCUT2D eigenvalue weighted by Gasteiger charge is -2.12. The highest BCUT2D eigenvalue weighted by Gasteiger charge is 2.13. The van der Waals surface area contributed by atoms with E-state index in [2.05, 4.69) is 10.6 Å². The molecule has 0 saturated heterocycles. The second-order valence-electron chi connectivity index (χ2n) is 5.52. The lowest BCUT2D eigenvalue weighted by Crippen LogP contribution is -2.22. The number of hydrogen-bond donors (Lipinski definition) is 2. The minimum absolute atomic E-state index is 0.256. The fraction of sp³-hybridized carbons (Fsp3) is 0.263. The Morgan fingerprint density at radius 1 is 0.958 bits per heavy atom. The zero-order chi connectivity index (χ0) is 17.5. The molecule has 0 bridgehead atoms. The summed E-state index contributed by atoms with van der Waals surface area (Å²) in [4.78, 5) is 24.1. The van der Waals surface area contributed by atoms with Gasteiger partial charge in [0.25, 0.3) is 0 Å². The minimum atomic E-state index is -0.385. The molecule has 126 valence electrons. The summed E-state index contributed by atoms with van der Waals surface area (Å²) < 4.78 is 5.45. The fourth-order valence-electron chi connectivity index (χ4n) is 2.34. The fourth-order valence-corrected chi connectivity index (χ4v) is 2.34. The van der Waals surface area contributed by atoms with Crippen molar-refractivity contribution in [2.75, 3.05) is 17.2 Å². The first-order valence-electron chi connectivity index (χ1n) is 7.88. The third kappa shape index (κ3) is 4.84. The molecular weight excluding hydrogens is 304 g/mol. The molecule has 0 heterocycles. The molecule has 2 N–H and O–H groups in total. The first-order valence-corrected chi connectivity index (χ1v) is 7.88. The zero-order valence-corrected chi connectivity index (χ0v) is 14.2. The SMILES string of the molecule is CCOc1ccccc1NC(=O)CC(=O)Nc1ccc(C)cc1C. The molecule has 0 aliphatic rings. The molecule has 0 fully saturated rings. The van der Waals surface area contributed by atoms with Crippen LogP contribution in [0.15, 0.2) is 42.5 Å². The lowest BCUT2D eigenvalue weighted by molar-refractivity contribution is -0.123. The maximum Gasteiger partial charge on any atom is 0.233 e. The number of carbonyl (C=O) groups is 2. The number of nitrogens with one attached hydrogen (secondary N) is 2. The maximum atomic E-state index is 12.1. The number of carbonyl (C=O) groups excluding carboxylic acids is 2. The predicted octanol–water partition coefficient (Wildman–Crippen LogP) is 3.67. The van der Waals surface area contributed by atoms with Crippen LogP contribution < -0.4 is 15.4 Å². The lowest BCUT2D eigenvalue weighted by atomic mass is 10.1. The first kappa shape index (κ1) is 17.5. The van der Waals surface area contributed by atoms with Crippen molar-refractivity contribution < 1.29 is 14.3 Å². The third-order valence-electron chi connectivity index (χ3n) is 3.44. The van der Waals surface area contributed by atoms with Gasteiger partial charge in [-0.2, -0.15) is 0 Å². The minimum Gasteiger partial charge on any atom is -0.492 e.